The highest BCUT2D eigenvalue weighted by Crippen LogP contribution is 2.44. The van der Waals surface area contributed by atoms with E-state index in [0.717, 1.165) is 88.4 Å². The number of para-hydroxylation sites is 3. The van der Waals surface area contributed by atoms with Gasteiger partial charge in [-0.25, -0.2) is 15.0 Å². The Bertz CT molecular complexity index is 3610. The van der Waals surface area contributed by atoms with Gasteiger partial charge >= 0.3 is 0 Å². The summed E-state index contributed by atoms with van der Waals surface area (Å²) >= 11 is 0. The van der Waals surface area contributed by atoms with E-state index in [1.165, 1.54) is 11.1 Å². The summed E-state index contributed by atoms with van der Waals surface area (Å²) in [4.78, 5) is 15.5. The standard InChI is InChI=1S/C57H36N4O/c1-4-16-37(17-5-1)39-30-32-41(33-31-39)56-58-55(40-20-8-3-9-21-40)59-57(60-56)46-25-11-13-29-49(46)61-48-28-12-10-24-45(48)52-50(61)34-35-51-53(52)47-27-15-26-44(54(47)62-51)43-23-14-22-42(36-43)38-18-6-2-7-19-38/h1-36H. The third-order valence-electron chi connectivity index (χ3n) is 11.9. The van der Waals surface area contributed by atoms with Gasteiger partial charge in [-0.2, -0.15) is 0 Å². The molecule has 0 amide bonds. The molecule has 0 N–H and O–H groups in total. The number of benzene rings is 9. The smallest absolute Gasteiger partial charge is 0.166 e. The van der Waals surface area contributed by atoms with Crippen molar-refractivity contribution in [2.75, 3.05) is 0 Å². The molecule has 12 aromatic rings. The van der Waals surface area contributed by atoms with Crippen LogP contribution in [-0.4, -0.2) is 19.5 Å². The van der Waals surface area contributed by atoms with Gasteiger partial charge in [0.25, 0.3) is 0 Å². The highest BCUT2D eigenvalue weighted by Gasteiger charge is 2.23. The Hall–Kier alpha value is -8.41. The first kappa shape index (κ1) is 35.5. The van der Waals surface area contributed by atoms with Crippen LogP contribution < -0.4 is 0 Å². The Kier molecular flexibility index (Phi) is 8.42. The van der Waals surface area contributed by atoms with Gasteiger partial charge in [0.15, 0.2) is 17.5 Å². The van der Waals surface area contributed by atoms with E-state index in [2.05, 4.69) is 187 Å². The molecule has 3 aromatic heterocycles. The van der Waals surface area contributed by atoms with Crippen molar-refractivity contribution in [1.29, 1.82) is 0 Å². The summed E-state index contributed by atoms with van der Waals surface area (Å²) in [7, 11) is 0. The van der Waals surface area contributed by atoms with Crippen LogP contribution in [0.15, 0.2) is 223 Å². The van der Waals surface area contributed by atoms with Crippen LogP contribution in [0.2, 0.25) is 0 Å². The number of nitrogens with zero attached hydrogens (tertiary/aromatic N) is 4. The highest BCUT2D eigenvalue weighted by atomic mass is 16.3. The monoisotopic (exact) mass is 792 g/mol. The van der Waals surface area contributed by atoms with Crippen LogP contribution >= 0.6 is 0 Å². The molecule has 3 heterocycles. The summed E-state index contributed by atoms with van der Waals surface area (Å²) in [5, 5.41) is 4.46. The second kappa shape index (κ2) is 14.7. The summed E-state index contributed by atoms with van der Waals surface area (Å²) in [5.41, 5.74) is 14.4. The third kappa shape index (κ3) is 5.98. The molecular formula is C57H36N4O. The second-order valence-corrected chi connectivity index (χ2v) is 15.5. The van der Waals surface area contributed by atoms with Crippen molar-refractivity contribution in [3.8, 4) is 73.2 Å². The lowest BCUT2D eigenvalue weighted by Crippen LogP contribution is -2.03. The van der Waals surface area contributed by atoms with Crippen molar-refractivity contribution in [3.63, 3.8) is 0 Å². The molecule has 0 aliphatic rings. The predicted molar refractivity (Wildman–Crippen MR) is 254 cm³/mol. The molecule has 0 aliphatic carbocycles. The zero-order valence-corrected chi connectivity index (χ0v) is 33.5. The first-order valence-electron chi connectivity index (χ1n) is 20.9. The van der Waals surface area contributed by atoms with Crippen LogP contribution in [0.3, 0.4) is 0 Å². The van der Waals surface area contributed by atoms with Crippen LogP contribution in [0.1, 0.15) is 0 Å². The highest BCUT2D eigenvalue weighted by molar-refractivity contribution is 6.28. The number of hydrogen-bond acceptors (Lipinski definition) is 4. The lowest BCUT2D eigenvalue weighted by atomic mass is 9.97. The van der Waals surface area contributed by atoms with E-state index in [9.17, 15) is 0 Å². The van der Waals surface area contributed by atoms with Gasteiger partial charge in [-0.1, -0.05) is 182 Å². The molecule has 0 aliphatic heterocycles. The topological polar surface area (TPSA) is 56.7 Å². The molecule has 0 unspecified atom stereocenters. The number of furan rings is 1. The molecule has 0 fully saturated rings. The summed E-state index contributed by atoms with van der Waals surface area (Å²) in [6.45, 7) is 0. The quantitative estimate of drug-likeness (QED) is 0.161. The lowest BCUT2D eigenvalue weighted by Gasteiger charge is -2.14. The van der Waals surface area contributed by atoms with Gasteiger partial charge < -0.3 is 8.98 Å². The number of aromatic nitrogens is 4. The molecule has 0 atom stereocenters. The van der Waals surface area contributed by atoms with Crippen molar-refractivity contribution in [2.45, 2.75) is 0 Å². The predicted octanol–water partition coefficient (Wildman–Crippen LogP) is 14.9. The van der Waals surface area contributed by atoms with Gasteiger partial charge in [0, 0.05) is 43.8 Å². The van der Waals surface area contributed by atoms with Crippen molar-refractivity contribution in [1.82, 2.24) is 19.5 Å². The minimum absolute atomic E-state index is 0.597. The van der Waals surface area contributed by atoms with Gasteiger partial charge in [0.2, 0.25) is 0 Å². The van der Waals surface area contributed by atoms with Crippen molar-refractivity contribution < 1.29 is 4.42 Å². The van der Waals surface area contributed by atoms with Crippen molar-refractivity contribution in [2.24, 2.45) is 0 Å². The zero-order chi connectivity index (χ0) is 41.0. The molecule has 5 nitrogen and oxygen atoms in total. The Morgan fingerprint density at radius 3 is 1.60 bits per heavy atom. The first-order chi connectivity index (χ1) is 30.7. The van der Waals surface area contributed by atoms with Crippen LogP contribution in [-0.2, 0) is 0 Å². The van der Waals surface area contributed by atoms with Crippen LogP contribution in [0.25, 0.3) is 117 Å². The Labute approximate surface area is 357 Å². The molecule has 12 rings (SSSR count). The maximum absolute atomic E-state index is 6.86. The van der Waals surface area contributed by atoms with E-state index < -0.39 is 0 Å². The molecule has 62 heavy (non-hydrogen) atoms. The fourth-order valence-electron chi connectivity index (χ4n) is 8.97. The summed E-state index contributed by atoms with van der Waals surface area (Å²) in [5.74, 6) is 1.83. The van der Waals surface area contributed by atoms with E-state index in [-0.39, 0.29) is 0 Å². The molecule has 0 radical (unpaired) electrons. The Balaban J connectivity index is 1.05. The zero-order valence-electron chi connectivity index (χ0n) is 33.5. The molecular weight excluding hydrogens is 757 g/mol. The number of hydrogen-bond donors (Lipinski definition) is 0. The summed E-state index contributed by atoms with van der Waals surface area (Å²) in [6.07, 6.45) is 0. The largest absolute Gasteiger partial charge is 0.455 e. The number of rotatable bonds is 7. The van der Waals surface area contributed by atoms with Crippen LogP contribution in [0.5, 0.6) is 0 Å². The van der Waals surface area contributed by atoms with Gasteiger partial charge in [-0.05, 0) is 64.2 Å². The maximum atomic E-state index is 6.86. The molecule has 0 spiro atoms. The average molecular weight is 793 g/mol. The SMILES string of the molecule is c1ccc(-c2ccc(-c3nc(-c4ccccc4)nc(-c4ccccc4-n4c5ccccc5c5c6c(ccc54)oc4c(-c5cccc(-c7ccccc7)c5)cccc46)n3)cc2)cc1. The Morgan fingerprint density at radius 1 is 0.323 bits per heavy atom. The van der Waals surface area contributed by atoms with E-state index in [1.807, 2.05) is 36.4 Å². The van der Waals surface area contributed by atoms with Gasteiger partial charge in [-0.3, -0.25) is 0 Å². The number of fused-ring (bicyclic) bond motifs is 7. The fourth-order valence-corrected chi connectivity index (χ4v) is 8.97. The second-order valence-electron chi connectivity index (χ2n) is 15.5. The van der Waals surface area contributed by atoms with E-state index in [4.69, 9.17) is 19.4 Å². The Morgan fingerprint density at radius 2 is 0.839 bits per heavy atom. The van der Waals surface area contributed by atoms with E-state index >= 15 is 0 Å². The third-order valence-corrected chi connectivity index (χ3v) is 11.9. The molecule has 0 saturated carbocycles. The van der Waals surface area contributed by atoms with E-state index in [0.29, 0.717) is 17.5 Å². The molecule has 0 saturated heterocycles. The summed E-state index contributed by atoms with van der Waals surface area (Å²) < 4.78 is 9.21. The molecule has 9 aromatic carbocycles. The average Bonchev–Trinajstić information content (AvgIpc) is 3.91. The lowest BCUT2D eigenvalue weighted by molar-refractivity contribution is 0.670. The normalized spacial score (nSPS) is 11.5. The molecule has 290 valence electrons. The van der Waals surface area contributed by atoms with Gasteiger partial charge in [-0.15, -0.1) is 0 Å². The summed E-state index contributed by atoms with van der Waals surface area (Å²) in [6, 6.07) is 76.1. The van der Waals surface area contributed by atoms with Crippen LogP contribution in [0, 0.1) is 0 Å². The van der Waals surface area contributed by atoms with E-state index in [1.54, 1.807) is 0 Å². The first-order valence-corrected chi connectivity index (χ1v) is 20.9. The van der Waals surface area contributed by atoms with Gasteiger partial charge in [0.05, 0.1) is 16.7 Å². The fraction of sp³-hybridized carbons (Fsp3) is 0. The van der Waals surface area contributed by atoms with Crippen molar-refractivity contribution in [3.05, 3.63) is 218 Å². The van der Waals surface area contributed by atoms with Crippen LogP contribution in [0.4, 0.5) is 0 Å². The minimum Gasteiger partial charge on any atom is -0.455 e. The minimum atomic E-state index is 0.597. The van der Waals surface area contributed by atoms with Gasteiger partial charge in [0.1, 0.15) is 11.2 Å². The molecule has 0 bridgehead atoms. The van der Waals surface area contributed by atoms with Crippen molar-refractivity contribution >= 4 is 43.7 Å². The molecule has 5 heteroatoms. The maximum Gasteiger partial charge on any atom is 0.166 e.